The molecule has 5 rings (SSSR count). The summed E-state index contributed by atoms with van der Waals surface area (Å²) in [5, 5.41) is 4.29. The van der Waals surface area contributed by atoms with Crippen LogP contribution in [0, 0.1) is 0 Å². The van der Waals surface area contributed by atoms with E-state index >= 15 is 0 Å². The molecule has 0 amide bonds. The zero-order chi connectivity index (χ0) is 23.4. The molecule has 2 fully saturated rings. The van der Waals surface area contributed by atoms with Crippen LogP contribution < -0.4 is 0 Å². The Balaban J connectivity index is 1.73. The summed E-state index contributed by atoms with van der Waals surface area (Å²) in [5.74, 6) is 0. The fourth-order valence-corrected chi connectivity index (χ4v) is 26.2. The lowest BCUT2D eigenvalue weighted by Crippen LogP contribution is -2.47. The van der Waals surface area contributed by atoms with E-state index in [9.17, 15) is 0 Å². The lowest BCUT2D eigenvalue weighted by Gasteiger charge is -2.58. The lowest BCUT2D eigenvalue weighted by atomic mass is 10.0. The molecule has 3 heteroatoms. The predicted molar refractivity (Wildman–Crippen MR) is 149 cm³/mol. The second-order valence-corrected chi connectivity index (χ2v) is 19.2. The third-order valence-corrected chi connectivity index (χ3v) is 23.3. The summed E-state index contributed by atoms with van der Waals surface area (Å²) in [5.41, 5.74) is 7.82. The molecule has 2 saturated heterocycles. The Hall–Kier alpha value is -1.26. The zero-order valence-corrected chi connectivity index (χ0v) is 23.2. The van der Waals surface area contributed by atoms with Crippen molar-refractivity contribution in [2.75, 3.05) is 6.54 Å². The van der Waals surface area contributed by atoms with Crippen molar-refractivity contribution in [3.63, 3.8) is 0 Å². The van der Waals surface area contributed by atoms with Gasteiger partial charge in [0.1, 0.15) is 21.9 Å². The first-order chi connectivity index (χ1) is 15.9. The van der Waals surface area contributed by atoms with Gasteiger partial charge < -0.3 is 0 Å². The average Bonchev–Trinajstić information content (AvgIpc) is 3.34. The molecule has 2 spiro atoms. The summed E-state index contributed by atoms with van der Waals surface area (Å²) in [6.07, 6.45) is 5.28. The topological polar surface area (TPSA) is 3.24 Å². The number of nitrogens with zero attached hydrogens (tertiary/aromatic N) is 1. The van der Waals surface area contributed by atoms with Gasteiger partial charge in [-0.15, -0.1) is 0 Å². The maximum absolute atomic E-state index is 3.25. The molecular weight excluding hydrogens is 436 g/mol. The van der Waals surface area contributed by atoms with E-state index in [2.05, 4.69) is 107 Å². The summed E-state index contributed by atoms with van der Waals surface area (Å²) in [6, 6.07) is 23.2. The SMILES string of the molecule is CCCCN1[P+]2(C(C)=C(C)C(C)=C2C)[C@H](C)[P+]12[C@H](c1ccccc1)CC[C@H]2c1ccccc1. The molecule has 1 nitrogen and oxygen atoms in total. The van der Waals surface area contributed by atoms with Crippen LogP contribution in [0.2, 0.25) is 0 Å². The Bertz CT molecular complexity index is 1010. The molecular formula is C30H41NP2+2. The van der Waals surface area contributed by atoms with E-state index < -0.39 is 14.8 Å². The fourth-order valence-electron chi connectivity index (χ4n) is 7.64. The third-order valence-electron chi connectivity index (χ3n) is 9.37. The van der Waals surface area contributed by atoms with Crippen molar-refractivity contribution >= 4 is 14.8 Å². The summed E-state index contributed by atoms with van der Waals surface area (Å²) < 4.78 is 3.25. The van der Waals surface area contributed by atoms with E-state index in [-0.39, 0.29) is 0 Å². The molecule has 174 valence electrons. The highest BCUT2D eigenvalue weighted by atomic mass is 31.3. The van der Waals surface area contributed by atoms with Gasteiger partial charge >= 0.3 is 0 Å². The standard InChI is InChI=1S/C30H41NP2/c1-7-8-21-31-32(24(4)22(2)23(3)25(32)5)26(6)33(31)29(27-15-11-9-12-16-27)19-20-30(33)28-17-13-10-14-18-28/h9-18,26,29-30H,7-8,19-21H2,1-6H3/q+2/t26-,29-,30-/m0/s1. The first-order valence-electron chi connectivity index (χ1n) is 12.9. The van der Waals surface area contributed by atoms with Gasteiger partial charge in [0.25, 0.3) is 0 Å². The van der Waals surface area contributed by atoms with Gasteiger partial charge in [-0.05, 0) is 73.7 Å². The number of hydrogen-bond donors (Lipinski definition) is 0. The highest BCUT2D eigenvalue weighted by Gasteiger charge is 2.89. The van der Waals surface area contributed by atoms with Gasteiger partial charge in [0.05, 0.1) is 6.54 Å². The van der Waals surface area contributed by atoms with Crippen molar-refractivity contribution in [2.45, 2.75) is 83.9 Å². The fraction of sp³-hybridized carbons (Fsp3) is 0.467. The van der Waals surface area contributed by atoms with Gasteiger partial charge in [-0.3, -0.25) is 0 Å². The van der Waals surface area contributed by atoms with Crippen molar-refractivity contribution in [3.8, 4) is 0 Å². The van der Waals surface area contributed by atoms with Gasteiger partial charge in [0.2, 0.25) is 12.8 Å². The Morgan fingerprint density at radius 1 is 0.758 bits per heavy atom. The zero-order valence-electron chi connectivity index (χ0n) is 21.4. The minimum absolute atomic E-state index is 0.711. The molecule has 0 unspecified atom stereocenters. The Labute approximate surface area is 203 Å². The van der Waals surface area contributed by atoms with E-state index in [0.717, 1.165) is 5.40 Å². The highest BCUT2D eigenvalue weighted by molar-refractivity contribution is 8.08. The first kappa shape index (κ1) is 23.5. The monoisotopic (exact) mass is 477 g/mol. The molecule has 3 heterocycles. The lowest BCUT2D eigenvalue weighted by molar-refractivity contribution is 0.579. The van der Waals surface area contributed by atoms with Crippen LogP contribution in [0.5, 0.6) is 0 Å². The van der Waals surface area contributed by atoms with Crippen molar-refractivity contribution in [1.82, 2.24) is 4.44 Å². The molecule has 0 aliphatic carbocycles. The summed E-state index contributed by atoms with van der Waals surface area (Å²) in [6.45, 7) is 16.1. The van der Waals surface area contributed by atoms with Crippen LogP contribution in [0.1, 0.15) is 89.7 Å². The number of allylic oxidation sites excluding steroid dienone is 4. The van der Waals surface area contributed by atoms with Gasteiger partial charge in [-0.25, -0.2) is 0 Å². The number of rotatable bonds is 5. The van der Waals surface area contributed by atoms with E-state index in [1.807, 2.05) is 0 Å². The maximum Gasteiger partial charge on any atom is 0.219 e. The summed E-state index contributed by atoms with van der Waals surface area (Å²) in [7, 11) is -2.88. The summed E-state index contributed by atoms with van der Waals surface area (Å²) in [4.78, 5) is 0. The van der Waals surface area contributed by atoms with Crippen LogP contribution in [-0.2, 0) is 0 Å². The molecule has 0 aromatic heterocycles. The van der Waals surface area contributed by atoms with Crippen molar-refractivity contribution in [3.05, 3.63) is 93.6 Å². The van der Waals surface area contributed by atoms with Crippen molar-refractivity contribution in [1.29, 1.82) is 0 Å². The van der Waals surface area contributed by atoms with Crippen LogP contribution in [-0.4, -0.2) is 16.4 Å². The predicted octanol–water partition coefficient (Wildman–Crippen LogP) is 10.2. The van der Waals surface area contributed by atoms with Crippen LogP contribution in [0.4, 0.5) is 0 Å². The number of unbranched alkanes of at least 4 members (excludes halogenated alkanes) is 1. The quantitative estimate of drug-likeness (QED) is 0.387. The van der Waals surface area contributed by atoms with Gasteiger partial charge in [-0.1, -0.05) is 74.0 Å². The average molecular weight is 478 g/mol. The van der Waals surface area contributed by atoms with Gasteiger partial charge in [0.15, 0.2) is 7.41 Å². The Kier molecular flexibility index (Phi) is 6.23. The smallest absolute Gasteiger partial charge is 0.0653 e. The van der Waals surface area contributed by atoms with Crippen molar-refractivity contribution in [2.24, 2.45) is 0 Å². The third kappa shape index (κ3) is 3.02. The first-order valence-corrected chi connectivity index (χ1v) is 16.7. The minimum atomic E-state index is -1.44. The molecule has 2 aromatic carbocycles. The number of hydrogen-bond acceptors (Lipinski definition) is 1. The molecule has 3 aliphatic heterocycles. The maximum atomic E-state index is 3.25. The largest absolute Gasteiger partial charge is 0.219 e. The molecule has 33 heavy (non-hydrogen) atoms. The van der Waals surface area contributed by atoms with Crippen molar-refractivity contribution < 1.29 is 0 Å². The van der Waals surface area contributed by atoms with Crippen LogP contribution in [0.25, 0.3) is 0 Å². The van der Waals surface area contributed by atoms with Crippen LogP contribution in [0.3, 0.4) is 0 Å². The van der Waals surface area contributed by atoms with Gasteiger partial charge in [0, 0.05) is 6.92 Å². The Morgan fingerprint density at radius 3 is 1.64 bits per heavy atom. The highest BCUT2D eigenvalue weighted by Crippen LogP contribution is 3.11. The molecule has 2 aromatic rings. The van der Waals surface area contributed by atoms with Crippen LogP contribution in [0.15, 0.2) is 82.4 Å². The number of benzene rings is 2. The molecule has 0 bridgehead atoms. The molecule has 3 atom stereocenters. The van der Waals surface area contributed by atoms with Crippen LogP contribution >= 0.6 is 14.8 Å². The normalized spacial score (nSPS) is 28.2. The van der Waals surface area contributed by atoms with E-state index in [4.69, 9.17) is 0 Å². The second kappa shape index (κ2) is 8.75. The van der Waals surface area contributed by atoms with E-state index in [0.29, 0.717) is 11.3 Å². The summed E-state index contributed by atoms with van der Waals surface area (Å²) >= 11 is 0. The minimum Gasteiger partial charge on any atom is -0.0653 e. The second-order valence-electron chi connectivity index (χ2n) is 10.4. The Morgan fingerprint density at radius 2 is 1.21 bits per heavy atom. The van der Waals surface area contributed by atoms with E-state index in [1.54, 1.807) is 32.9 Å². The molecule has 0 N–H and O–H groups in total. The molecule has 0 saturated carbocycles. The molecule has 0 radical (unpaired) electrons. The van der Waals surface area contributed by atoms with Gasteiger partial charge in [-0.2, -0.15) is 0 Å². The van der Waals surface area contributed by atoms with E-state index in [1.165, 1.54) is 32.2 Å². The molecule has 3 aliphatic rings.